The molecule has 3 N–H and O–H groups in total. The molecule has 1 aliphatic rings. The minimum Gasteiger partial charge on any atom is -0.358 e. The van der Waals surface area contributed by atoms with E-state index in [1.54, 1.807) is 18.2 Å². The molecule has 2 rings (SSSR count). The minimum absolute atomic E-state index is 0.0536. The van der Waals surface area contributed by atoms with Gasteiger partial charge in [0.25, 0.3) is 11.6 Å². The Bertz CT molecular complexity index is 707. The number of carbonyl (C=O) groups excluding carboxylic acids is 1. The Morgan fingerprint density at radius 3 is 2.73 bits per heavy atom. The number of nitro benzene ring substituents is 1. The highest BCUT2D eigenvalue weighted by Crippen LogP contribution is 2.29. The predicted octanol–water partition coefficient (Wildman–Crippen LogP) is 2.93. The molecule has 1 fully saturated rings. The molecule has 0 aromatic heterocycles. The van der Waals surface area contributed by atoms with Crippen LogP contribution in [0.25, 0.3) is 6.08 Å². The zero-order valence-corrected chi connectivity index (χ0v) is 15.7. The molecule has 0 saturated heterocycles. The van der Waals surface area contributed by atoms with Gasteiger partial charge in [-0.3, -0.25) is 25.8 Å². The van der Waals surface area contributed by atoms with Gasteiger partial charge in [0, 0.05) is 18.2 Å². The molecule has 8 heteroatoms. The predicted molar refractivity (Wildman–Crippen MR) is 105 cm³/mol. The molecular weight excluding hydrogens is 352 g/mol. The van der Waals surface area contributed by atoms with Gasteiger partial charge in [0.1, 0.15) is 0 Å². The van der Waals surface area contributed by atoms with Crippen molar-refractivity contribution in [3.63, 3.8) is 0 Å². The molecular formula is C18H24N4O3S. The number of nitrogens with one attached hydrogen (secondary N) is 3. The number of rotatable bonds is 4. The first kappa shape index (κ1) is 19.8. The van der Waals surface area contributed by atoms with Gasteiger partial charge in [0.05, 0.1) is 10.5 Å². The summed E-state index contributed by atoms with van der Waals surface area (Å²) in [6, 6.07) is 6.51. The summed E-state index contributed by atoms with van der Waals surface area (Å²) in [5.41, 5.74) is 5.45. The van der Waals surface area contributed by atoms with Crippen molar-refractivity contribution in [1.29, 1.82) is 0 Å². The lowest BCUT2D eigenvalue weighted by molar-refractivity contribution is -0.385. The zero-order valence-electron chi connectivity index (χ0n) is 14.9. The SMILES string of the molecule is C[C@@H]1[C@H](C)CCC[C@H]1NC(=S)NNC(=O)/C=C/c1ccccc1[N+](=O)[O-]. The van der Waals surface area contributed by atoms with E-state index in [1.165, 1.54) is 24.6 Å². The van der Waals surface area contributed by atoms with Crippen LogP contribution in [-0.2, 0) is 4.79 Å². The monoisotopic (exact) mass is 376 g/mol. The Labute approximate surface area is 158 Å². The molecule has 1 aliphatic carbocycles. The number of amides is 1. The quantitative estimate of drug-likeness (QED) is 0.324. The number of para-hydroxylation sites is 1. The van der Waals surface area contributed by atoms with Gasteiger partial charge in [-0.2, -0.15) is 0 Å². The van der Waals surface area contributed by atoms with Crippen LogP contribution in [0.15, 0.2) is 30.3 Å². The van der Waals surface area contributed by atoms with Gasteiger partial charge in [-0.25, -0.2) is 0 Å². The second kappa shape index (κ2) is 9.28. The van der Waals surface area contributed by atoms with Gasteiger partial charge < -0.3 is 5.32 Å². The van der Waals surface area contributed by atoms with Gasteiger partial charge in [-0.1, -0.05) is 38.8 Å². The lowest BCUT2D eigenvalue weighted by atomic mass is 9.78. The van der Waals surface area contributed by atoms with E-state index >= 15 is 0 Å². The van der Waals surface area contributed by atoms with Crippen molar-refractivity contribution < 1.29 is 9.72 Å². The fourth-order valence-corrected chi connectivity index (χ4v) is 3.31. The molecule has 0 bridgehead atoms. The Kier molecular flexibility index (Phi) is 7.08. The number of hydrogen-bond acceptors (Lipinski definition) is 4. The van der Waals surface area contributed by atoms with Crippen molar-refractivity contribution in [2.75, 3.05) is 0 Å². The van der Waals surface area contributed by atoms with Crippen LogP contribution < -0.4 is 16.2 Å². The van der Waals surface area contributed by atoms with E-state index < -0.39 is 10.8 Å². The highest BCUT2D eigenvalue weighted by atomic mass is 32.1. The van der Waals surface area contributed by atoms with Crippen molar-refractivity contribution in [2.24, 2.45) is 11.8 Å². The third kappa shape index (κ3) is 5.52. The highest BCUT2D eigenvalue weighted by molar-refractivity contribution is 7.80. The fourth-order valence-electron chi connectivity index (χ4n) is 3.11. The Morgan fingerprint density at radius 1 is 1.27 bits per heavy atom. The van der Waals surface area contributed by atoms with Gasteiger partial charge >= 0.3 is 0 Å². The number of hydrazine groups is 1. The topological polar surface area (TPSA) is 96.3 Å². The van der Waals surface area contributed by atoms with Crippen molar-refractivity contribution in [3.05, 3.63) is 46.0 Å². The third-order valence-electron chi connectivity index (χ3n) is 4.87. The molecule has 3 atom stereocenters. The summed E-state index contributed by atoms with van der Waals surface area (Å²) in [6.45, 7) is 4.45. The van der Waals surface area contributed by atoms with E-state index in [1.807, 2.05) is 0 Å². The van der Waals surface area contributed by atoms with E-state index in [0.29, 0.717) is 22.5 Å². The molecule has 1 amide bonds. The van der Waals surface area contributed by atoms with E-state index in [0.717, 1.165) is 12.8 Å². The number of hydrogen-bond donors (Lipinski definition) is 3. The number of nitro groups is 1. The van der Waals surface area contributed by atoms with Crippen LogP contribution >= 0.6 is 12.2 Å². The third-order valence-corrected chi connectivity index (χ3v) is 5.09. The van der Waals surface area contributed by atoms with Crippen molar-refractivity contribution in [3.8, 4) is 0 Å². The van der Waals surface area contributed by atoms with Gasteiger partial charge in [0.15, 0.2) is 5.11 Å². The summed E-state index contributed by atoms with van der Waals surface area (Å²) in [7, 11) is 0. The number of carbonyl (C=O) groups is 1. The van der Waals surface area contributed by atoms with Gasteiger partial charge in [0.2, 0.25) is 0 Å². The first-order valence-corrected chi connectivity index (χ1v) is 9.07. The lowest BCUT2D eigenvalue weighted by Gasteiger charge is -2.35. The van der Waals surface area contributed by atoms with E-state index in [4.69, 9.17) is 12.2 Å². The average Bonchev–Trinajstić information content (AvgIpc) is 2.62. The Morgan fingerprint density at radius 2 is 2.00 bits per heavy atom. The normalized spacial score (nSPS) is 22.6. The van der Waals surface area contributed by atoms with Crippen LogP contribution in [0.3, 0.4) is 0 Å². The standard InChI is InChI=1S/C18H24N4O3S/c1-12-6-5-8-15(13(12)2)19-18(26)21-20-17(23)11-10-14-7-3-4-9-16(14)22(24)25/h3-4,7,9-13,15H,5-6,8H2,1-2H3,(H,20,23)(H2,19,21,26)/b11-10+/t12-,13-,15-/m1/s1. The summed E-state index contributed by atoms with van der Waals surface area (Å²) in [5, 5.41) is 14.6. The second-order valence-corrected chi connectivity index (χ2v) is 7.02. The molecule has 0 unspecified atom stereocenters. The maximum atomic E-state index is 11.9. The molecule has 1 saturated carbocycles. The molecule has 1 aromatic rings. The smallest absolute Gasteiger partial charge is 0.276 e. The van der Waals surface area contributed by atoms with Crippen LogP contribution in [0, 0.1) is 22.0 Å². The van der Waals surface area contributed by atoms with Crippen molar-refractivity contribution in [2.45, 2.75) is 39.2 Å². The first-order chi connectivity index (χ1) is 12.4. The Hall–Kier alpha value is -2.48. The maximum Gasteiger partial charge on any atom is 0.276 e. The van der Waals surface area contributed by atoms with E-state index in [2.05, 4.69) is 30.0 Å². The van der Waals surface area contributed by atoms with E-state index in [-0.39, 0.29) is 11.7 Å². The van der Waals surface area contributed by atoms with Crippen LogP contribution in [0.5, 0.6) is 0 Å². The summed E-state index contributed by atoms with van der Waals surface area (Å²) in [6.07, 6.45) is 6.07. The summed E-state index contributed by atoms with van der Waals surface area (Å²) >= 11 is 5.23. The number of benzene rings is 1. The molecule has 0 aliphatic heterocycles. The van der Waals surface area contributed by atoms with Crippen molar-refractivity contribution >= 4 is 35.0 Å². The minimum atomic E-state index is -0.485. The molecule has 0 heterocycles. The molecule has 0 radical (unpaired) electrons. The first-order valence-electron chi connectivity index (χ1n) is 8.66. The molecule has 0 spiro atoms. The van der Waals surface area contributed by atoms with Gasteiger partial charge in [-0.05, 0) is 42.6 Å². The van der Waals surface area contributed by atoms with Crippen LogP contribution in [0.1, 0.15) is 38.7 Å². The van der Waals surface area contributed by atoms with Crippen LogP contribution in [0.4, 0.5) is 5.69 Å². The molecule has 1 aromatic carbocycles. The van der Waals surface area contributed by atoms with Gasteiger partial charge in [-0.15, -0.1) is 0 Å². The molecule has 7 nitrogen and oxygen atoms in total. The van der Waals surface area contributed by atoms with E-state index in [9.17, 15) is 14.9 Å². The number of nitrogens with zero attached hydrogens (tertiary/aromatic N) is 1. The zero-order chi connectivity index (χ0) is 19.1. The summed E-state index contributed by atoms with van der Waals surface area (Å²) in [4.78, 5) is 22.4. The second-order valence-electron chi connectivity index (χ2n) is 6.61. The molecule has 26 heavy (non-hydrogen) atoms. The maximum absolute atomic E-state index is 11.9. The summed E-state index contributed by atoms with van der Waals surface area (Å²) < 4.78 is 0. The van der Waals surface area contributed by atoms with Crippen LogP contribution in [-0.4, -0.2) is 22.0 Å². The fraction of sp³-hybridized carbons (Fsp3) is 0.444. The lowest BCUT2D eigenvalue weighted by Crippen LogP contribution is -2.52. The highest BCUT2D eigenvalue weighted by Gasteiger charge is 2.27. The van der Waals surface area contributed by atoms with Crippen LogP contribution in [0.2, 0.25) is 0 Å². The largest absolute Gasteiger partial charge is 0.358 e. The number of thiocarbonyl (C=S) groups is 1. The average molecular weight is 376 g/mol. The Balaban J connectivity index is 1.83. The molecule has 140 valence electrons. The summed E-state index contributed by atoms with van der Waals surface area (Å²) in [5.74, 6) is 0.707. The van der Waals surface area contributed by atoms with Crippen molar-refractivity contribution in [1.82, 2.24) is 16.2 Å².